The van der Waals surface area contributed by atoms with Crippen molar-refractivity contribution in [2.24, 2.45) is 0 Å². The number of aromatic nitrogens is 5. The third-order valence-electron chi connectivity index (χ3n) is 5.05. The fourth-order valence-electron chi connectivity index (χ4n) is 3.47. The smallest absolute Gasteiger partial charge is 0.291 e. The Morgan fingerprint density at radius 2 is 2.10 bits per heavy atom. The lowest BCUT2D eigenvalue weighted by molar-refractivity contribution is 0.0672. The summed E-state index contributed by atoms with van der Waals surface area (Å²) in [7, 11) is 3.88. The van der Waals surface area contributed by atoms with Crippen molar-refractivity contribution >= 4 is 11.7 Å². The Bertz CT molecular complexity index is 1000. The van der Waals surface area contributed by atoms with Crippen molar-refractivity contribution in [1.29, 1.82) is 0 Å². The molecular weight excluding hydrogens is 370 g/mol. The van der Waals surface area contributed by atoms with Crippen LogP contribution in [-0.4, -0.2) is 62.9 Å². The lowest BCUT2D eigenvalue weighted by Crippen LogP contribution is -2.39. The second kappa shape index (κ2) is 7.94. The summed E-state index contributed by atoms with van der Waals surface area (Å²) in [6.45, 7) is 3.04. The average Bonchev–Trinajstić information content (AvgIpc) is 3.19. The number of likely N-dealkylation sites (tertiary alicyclic amines) is 1. The van der Waals surface area contributed by atoms with Gasteiger partial charge in [-0.25, -0.2) is 19.9 Å². The molecule has 1 amide bonds. The molecule has 1 aliphatic heterocycles. The van der Waals surface area contributed by atoms with Crippen molar-refractivity contribution in [3.8, 4) is 11.5 Å². The maximum atomic E-state index is 12.9. The van der Waals surface area contributed by atoms with E-state index in [1.54, 1.807) is 25.5 Å². The third kappa shape index (κ3) is 3.94. The minimum atomic E-state index is -0.124. The van der Waals surface area contributed by atoms with Gasteiger partial charge in [-0.1, -0.05) is 0 Å². The highest BCUT2D eigenvalue weighted by Gasteiger charge is 2.29. The van der Waals surface area contributed by atoms with Gasteiger partial charge in [0.25, 0.3) is 5.91 Å². The number of hydrogen-bond acceptors (Lipinski definition) is 8. The van der Waals surface area contributed by atoms with Gasteiger partial charge in [0.1, 0.15) is 11.5 Å². The lowest BCUT2D eigenvalue weighted by Gasteiger charge is -2.32. The summed E-state index contributed by atoms with van der Waals surface area (Å²) in [6.07, 6.45) is 8.05. The molecule has 9 heteroatoms. The Balaban J connectivity index is 1.64. The molecule has 0 bridgehead atoms. The highest BCUT2D eigenvalue weighted by molar-refractivity contribution is 5.92. The Morgan fingerprint density at radius 3 is 2.79 bits per heavy atom. The van der Waals surface area contributed by atoms with Crippen LogP contribution in [0.15, 0.2) is 35.5 Å². The topological polar surface area (TPSA) is 101 Å². The zero-order chi connectivity index (χ0) is 20.4. The molecule has 1 saturated heterocycles. The van der Waals surface area contributed by atoms with Crippen LogP contribution in [0.2, 0.25) is 0 Å². The summed E-state index contributed by atoms with van der Waals surface area (Å²) in [5.41, 5.74) is 2.13. The van der Waals surface area contributed by atoms with E-state index in [0.29, 0.717) is 36.1 Å². The molecule has 3 aromatic heterocycles. The Hall–Kier alpha value is -3.36. The van der Waals surface area contributed by atoms with Crippen LogP contribution in [0, 0.1) is 6.92 Å². The number of hydrogen-bond donors (Lipinski definition) is 0. The van der Waals surface area contributed by atoms with E-state index >= 15 is 0 Å². The number of amides is 1. The monoisotopic (exact) mass is 393 g/mol. The number of aryl methyl sites for hydroxylation is 1. The Labute approximate surface area is 168 Å². The molecule has 1 fully saturated rings. The fourth-order valence-corrected chi connectivity index (χ4v) is 3.47. The van der Waals surface area contributed by atoms with E-state index in [2.05, 4.69) is 19.9 Å². The van der Waals surface area contributed by atoms with Crippen LogP contribution in [0.25, 0.3) is 11.5 Å². The van der Waals surface area contributed by atoms with E-state index < -0.39 is 0 Å². The van der Waals surface area contributed by atoms with Gasteiger partial charge in [0.15, 0.2) is 12.2 Å². The molecule has 0 spiro atoms. The van der Waals surface area contributed by atoms with Crippen molar-refractivity contribution in [3.05, 3.63) is 48.2 Å². The summed E-state index contributed by atoms with van der Waals surface area (Å²) >= 11 is 0. The zero-order valence-corrected chi connectivity index (χ0v) is 16.7. The maximum absolute atomic E-state index is 12.9. The largest absolute Gasteiger partial charge is 0.438 e. The molecule has 0 saturated carbocycles. The predicted molar refractivity (Wildman–Crippen MR) is 107 cm³/mol. The molecule has 3 aromatic rings. The number of nitrogens with zero attached hydrogens (tertiary/aromatic N) is 7. The molecule has 0 radical (unpaired) electrons. The van der Waals surface area contributed by atoms with Gasteiger partial charge in [-0.05, 0) is 19.8 Å². The van der Waals surface area contributed by atoms with Crippen LogP contribution in [0.5, 0.6) is 0 Å². The lowest BCUT2D eigenvalue weighted by atomic mass is 9.94. The Morgan fingerprint density at radius 1 is 1.24 bits per heavy atom. The second-order valence-electron chi connectivity index (χ2n) is 7.32. The molecule has 1 atom stereocenters. The van der Waals surface area contributed by atoms with Gasteiger partial charge >= 0.3 is 0 Å². The molecule has 4 rings (SSSR count). The van der Waals surface area contributed by atoms with Crippen molar-refractivity contribution in [2.75, 3.05) is 32.1 Å². The number of oxazole rings is 1. The third-order valence-corrected chi connectivity index (χ3v) is 5.05. The van der Waals surface area contributed by atoms with Crippen LogP contribution in [0.1, 0.15) is 40.7 Å². The second-order valence-corrected chi connectivity index (χ2v) is 7.32. The van der Waals surface area contributed by atoms with Gasteiger partial charge in [-0.3, -0.25) is 9.78 Å². The molecule has 0 aromatic carbocycles. The van der Waals surface area contributed by atoms with Crippen LogP contribution in [-0.2, 0) is 0 Å². The zero-order valence-electron chi connectivity index (χ0n) is 16.7. The van der Waals surface area contributed by atoms with Gasteiger partial charge in [0, 0.05) is 51.6 Å². The highest BCUT2D eigenvalue weighted by atomic mass is 16.3. The first-order chi connectivity index (χ1) is 14.0. The molecular formula is C20H23N7O2. The van der Waals surface area contributed by atoms with E-state index in [-0.39, 0.29) is 11.8 Å². The summed E-state index contributed by atoms with van der Waals surface area (Å²) in [5, 5.41) is 0. The molecule has 0 N–H and O–H groups in total. The molecule has 29 heavy (non-hydrogen) atoms. The molecule has 0 aliphatic carbocycles. The van der Waals surface area contributed by atoms with Gasteiger partial charge in [0.2, 0.25) is 5.76 Å². The fraction of sp³-hybridized carbons (Fsp3) is 0.400. The number of rotatable bonds is 4. The number of piperidine rings is 1. The van der Waals surface area contributed by atoms with E-state index in [1.165, 1.54) is 6.39 Å². The minimum absolute atomic E-state index is 0.105. The van der Waals surface area contributed by atoms with Gasteiger partial charge < -0.3 is 14.2 Å². The van der Waals surface area contributed by atoms with Crippen molar-refractivity contribution in [2.45, 2.75) is 25.7 Å². The van der Waals surface area contributed by atoms with Crippen LogP contribution in [0.4, 0.5) is 5.82 Å². The van der Waals surface area contributed by atoms with Crippen molar-refractivity contribution in [3.63, 3.8) is 0 Å². The van der Waals surface area contributed by atoms with Gasteiger partial charge in [0.05, 0.1) is 17.6 Å². The first-order valence-electron chi connectivity index (χ1n) is 9.55. The first kappa shape index (κ1) is 19.0. The quantitative estimate of drug-likeness (QED) is 0.666. The van der Waals surface area contributed by atoms with Gasteiger partial charge in [-0.2, -0.15) is 0 Å². The molecule has 1 aliphatic rings. The Kier molecular flexibility index (Phi) is 5.20. The highest BCUT2D eigenvalue weighted by Crippen LogP contribution is 2.30. The maximum Gasteiger partial charge on any atom is 0.291 e. The van der Waals surface area contributed by atoms with Crippen molar-refractivity contribution < 1.29 is 9.21 Å². The number of carbonyl (C=O) groups excluding carboxylic acids is 1. The summed E-state index contributed by atoms with van der Waals surface area (Å²) in [5.74, 6) is 1.62. The molecule has 9 nitrogen and oxygen atoms in total. The predicted octanol–water partition coefficient (Wildman–Crippen LogP) is 2.32. The standard InChI is InChI=1S/C20H23N7O2/c1-13-18(29-12-23-13)20(28)27-8-4-5-14(11-27)15-9-17(26(2)3)25-19(24-15)16-10-21-6-7-22-16/h6-7,9-10,12,14H,4-5,8,11H2,1-3H3/t14-/m0/s1. The summed E-state index contributed by atoms with van der Waals surface area (Å²) in [6, 6.07) is 1.98. The minimum Gasteiger partial charge on any atom is -0.438 e. The van der Waals surface area contributed by atoms with E-state index in [4.69, 9.17) is 9.40 Å². The first-order valence-corrected chi connectivity index (χ1v) is 9.55. The molecule has 0 unspecified atom stereocenters. The molecule has 150 valence electrons. The normalized spacial score (nSPS) is 16.7. The average molecular weight is 393 g/mol. The van der Waals surface area contributed by atoms with Crippen LogP contribution >= 0.6 is 0 Å². The van der Waals surface area contributed by atoms with Crippen molar-refractivity contribution in [1.82, 2.24) is 29.8 Å². The number of carbonyl (C=O) groups is 1. The summed E-state index contributed by atoms with van der Waals surface area (Å²) in [4.78, 5) is 38.5. The molecule has 4 heterocycles. The number of anilines is 1. The SMILES string of the molecule is Cc1ncoc1C(=O)N1CCC[C@H](c2cc(N(C)C)nc(-c3cnccn3)n2)C1. The van der Waals surface area contributed by atoms with E-state index in [1.807, 2.05) is 30.0 Å². The van der Waals surface area contributed by atoms with Crippen LogP contribution < -0.4 is 4.90 Å². The van der Waals surface area contributed by atoms with Crippen LogP contribution in [0.3, 0.4) is 0 Å². The van der Waals surface area contributed by atoms with Gasteiger partial charge in [-0.15, -0.1) is 0 Å². The summed E-state index contributed by atoms with van der Waals surface area (Å²) < 4.78 is 5.30. The van der Waals surface area contributed by atoms with E-state index in [0.717, 1.165) is 24.4 Å². The van der Waals surface area contributed by atoms with E-state index in [9.17, 15) is 4.79 Å².